The topological polar surface area (TPSA) is 97.2 Å². The van der Waals surface area contributed by atoms with Gasteiger partial charge in [-0.1, -0.05) is 59.8 Å². The summed E-state index contributed by atoms with van der Waals surface area (Å²) in [5.74, 6) is -0.453. The number of nitrogens with one attached hydrogen (secondary N) is 1. The van der Waals surface area contributed by atoms with E-state index < -0.39 is 23.0 Å². The maximum atomic E-state index is 13.3. The van der Waals surface area contributed by atoms with E-state index in [1.54, 1.807) is 31.2 Å². The molecule has 8 heteroatoms. The number of carbonyl (C=O) groups excluding carboxylic acids is 2. The lowest BCUT2D eigenvalue weighted by atomic mass is 9.88. The molecule has 3 aromatic carbocycles. The third kappa shape index (κ3) is 2.57. The van der Waals surface area contributed by atoms with Gasteiger partial charge in [-0.2, -0.15) is 4.68 Å². The molecule has 0 spiro atoms. The summed E-state index contributed by atoms with van der Waals surface area (Å²) < 4.78 is 1.02. The maximum Gasteiger partial charge on any atom is 0.326 e. The van der Waals surface area contributed by atoms with Crippen LogP contribution in [0.5, 0.6) is 0 Å². The summed E-state index contributed by atoms with van der Waals surface area (Å²) in [6.07, 6.45) is 0. The molecule has 30 heavy (non-hydrogen) atoms. The Morgan fingerprint density at radius 2 is 1.60 bits per heavy atom. The molecule has 8 nitrogen and oxygen atoms in total. The van der Waals surface area contributed by atoms with Crippen LogP contribution in [0.2, 0.25) is 0 Å². The molecule has 1 atom stereocenters. The van der Waals surface area contributed by atoms with E-state index in [0.717, 1.165) is 20.4 Å². The van der Waals surface area contributed by atoms with Crippen molar-refractivity contribution in [2.45, 2.75) is 19.1 Å². The van der Waals surface area contributed by atoms with Gasteiger partial charge in [0.2, 0.25) is 0 Å². The molecular formula is C22H17N5O3. The van der Waals surface area contributed by atoms with E-state index in [4.69, 9.17) is 0 Å². The third-order valence-electron chi connectivity index (χ3n) is 5.51. The highest BCUT2D eigenvalue weighted by Gasteiger charge is 2.49. The number of imide groups is 1. The van der Waals surface area contributed by atoms with Crippen molar-refractivity contribution in [3.63, 3.8) is 0 Å². The minimum Gasteiger partial charge on any atom is -0.319 e. The van der Waals surface area contributed by atoms with Gasteiger partial charge in [-0.15, -0.1) is 5.10 Å². The van der Waals surface area contributed by atoms with Gasteiger partial charge in [0.15, 0.2) is 0 Å². The van der Waals surface area contributed by atoms with Crippen molar-refractivity contribution in [3.05, 3.63) is 82.6 Å². The molecule has 0 saturated carbocycles. The molecule has 4 aromatic rings. The van der Waals surface area contributed by atoms with Gasteiger partial charge in [-0.3, -0.25) is 9.59 Å². The number of benzene rings is 3. The predicted molar refractivity (Wildman–Crippen MR) is 110 cm³/mol. The zero-order valence-corrected chi connectivity index (χ0v) is 16.1. The number of urea groups is 1. The summed E-state index contributed by atoms with van der Waals surface area (Å²) in [4.78, 5) is 39.8. The van der Waals surface area contributed by atoms with Gasteiger partial charge in [-0.25, -0.2) is 9.69 Å². The van der Waals surface area contributed by atoms with E-state index in [1.165, 1.54) is 0 Å². The number of hydrogen-bond acceptors (Lipinski definition) is 5. The minimum atomic E-state index is -1.26. The minimum absolute atomic E-state index is 0.318. The van der Waals surface area contributed by atoms with E-state index >= 15 is 0 Å². The molecule has 2 heterocycles. The number of aromatic nitrogens is 3. The highest BCUT2D eigenvalue weighted by Crippen LogP contribution is 2.33. The van der Waals surface area contributed by atoms with Crippen molar-refractivity contribution in [1.82, 2.24) is 25.2 Å². The molecule has 1 aromatic heterocycles. The summed E-state index contributed by atoms with van der Waals surface area (Å²) in [5.41, 5.74) is -0.527. The number of fused-ring (bicyclic) bond motifs is 2. The molecule has 5 rings (SSSR count). The van der Waals surface area contributed by atoms with Gasteiger partial charge in [0.25, 0.3) is 11.5 Å². The van der Waals surface area contributed by atoms with Gasteiger partial charge >= 0.3 is 6.03 Å². The first-order chi connectivity index (χ1) is 14.5. The first kappa shape index (κ1) is 18.0. The van der Waals surface area contributed by atoms with E-state index in [1.807, 2.05) is 42.5 Å². The zero-order chi connectivity index (χ0) is 20.9. The molecule has 0 radical (unpaired) electrons. The molecule has 3 amide bonds. The summed E-state index contributed by atoms with van der Waals surface area (Å²) in [7, 11) is 0. The Morgan fingerprint density at radius 3 is 2.43 bits per heavy atom. The predicted octanol–water partition coefficient (Wildman–Crippen LogP) is 2.37. The van der Waals surface area contributed by atoms with Crippen LogP contribution in [0.1, 0.15) is 12.5 Å². The molecule has 0 unspecified atom stereocenters. The fourth-order valence-corrected chi connectivity index (χ4v) is 3.92. The largest absolute Gasteiger partial charge is 0.326 e. The van der Waals surface area contributed by atoms with Crippen LogP contribution in [0, 0.1) is 0 Å². The standard InChI is InChI=1S/C22H17N5O3/c1-22(17-11-6-8-14-7-2-3-9-15(14)17)20(29)26(21(30)23-22)13-27-19(28)16-10-4-5-12-18(16)24-25-27/h2-12H,13H2,1H3,(H,23,30)/t22-/m0/s1. The van der Waals surface area contributed by atoms with Crippen molar-refractivity contribution in [2.24, 2.45) is 0 Å². The van der Waals surface area contributed by atoms with Gasteiger partial charge in [0.05, 0.1) is 5.39 Å². The van der Waals surface area contributed by atoms with Crippen molar-refractivity contribution in [1.29, 1.82) is 0 Å². The first-order valence-electron chi connectivity index (χ1n) is 9.44. The Bertz CT molecular complexity index is 1390. The number of rotatable bonds is 3. The van der Waals surface area contributed by atoms with Crippen LogP contribution in [-0.4, -0.2) is 31.8 Å². The zero-order valence-electron chi connectivity index (χ0n) is 16.1. The van der Waals surface area contributed by atoms with Crippen LogP contribution in [0.3, 0.4) is 0 Å². The Balaban J connectivity index is 1.55. The lowest BCUT2D eigenvalue weighted by Gasteiger charge is -2.24. The second-order valence-electron chi connectivity index (χ2n) is 7.37. The summed E-state index contributed by atoms with van der Waals surface area (Å²) in [5, 5.41) is 12.9. The van der Waals surface area contributed by atoms with E-state index in [-0.39, 0.29) is 6.67 Å². The second-order valence-corrected chi connectivity index (χ2v) is 7.37. The number of nitrogens with zero attached hydrogens (tertiary/aromatic N) is 4. The molecule has 1 aliphatic heterocycles. The Morgan fingerprint density at radius 1 is 0.900 bits per heavy atom. The summed E-state index contributed by atoms with van der Waals surface area (Å²) >= 11 is 0. The SMILES string of the molecule is C[C@@]1(c2cccc3ccccc23)NC(=O)N(Cn2nnc3ccccc3c2=O)C1=O. The average Bonchev–Trinajstić information content (AvgIpc) is 2.99. The van der Waals surface area contributed by atoms with Gasteiger partial charge in [0, 0.05) is 0 Å². The third-order valence-corrected chi connectivity index (χ3v) is 5.51. The number of hydrogen-bond donors (Lipinski definition) is 1. The fraction of sp³-hybridized carbons (Fsp3) is 0.136. The molecule has 0 bridgehead atoms. The number of carbonyl (C=O) groups is 2. The van der Waals surface area contributed by atoms with Gasteiger partial charge in [-0.05, 0) is 35.4 Å². The number of amides is 3. The van der Waals surface area contributed by atoms with E-state index in [0.29, 0.717) is 16.5 Å². The first-order valence-corrected chi connectivity index (χ1v) is 9.44. The molecule has 0 aliphatic carbocycles. The summed E-state index contributed by atoms with van der Waals surface area (Å²) in [6, 6.07) is 19.5. The molecule has 1 N–H and O–H groups in total. The Hall–Kier alpha value is -4.07. The van der Waals surface area contributed by atoms with Crippen LogP contribution in [0.15, 0.2) is 71.5 Å². The lowest BCUT2D eigenvalue weighted by Crippen LogP contribution is -2.42. The van der Waals surface area contributed by atoms with Gasteiger partial charge in [0.1, 0.15) is 17.7 Å². The smallest absolute Gasteiger partial charge is 0.319 e. The molecule has 148 valence electrons. The molecule has 1 saturated heterocycles. The molecule has 1 fully saturated rings. The van der Waals surface area contributed by atoms with Crippen molar-refractivity contribution >= 4 is 33.6 Å². The fourth-order valence-electron chi connectivity index (χ4n) is 3.92. The van der Waals surface area contributed by atoms with Crippen LogP contribution in [-0.2, 0) is 17.0 Å². The normalized spacial score (nSPS) is 18.9. The summed E-state index contributed by atoms with van der Waals surface area (Å²) in [6.45, 7) is 1.35. The Labute approximate surface area is 170 Å². The second kappa shape index (κ2) is 6.48. The van der Waals surface area contributed by atoms with Crippen molar-refractivity contribution in [2.75, 3.05) is 0 Å². The van der Waals surface area contributed by atoms with E-state index in [9.17, 15) is 14.4 Å². The maximum absolute atomic E-state index is 13.3. The van der Waals surface area contributed by atoms with Crippen LogP contribution < -0.4 is 10.9 Å². The highest BCUT2D eigenvalue weighted by molar-refractivity contribution is 6.09. The molecule has 1 aliphatic rings. The lowest BCUT2D eigenvalue weighted by molar-refractivity contribution is -0.132. The monoisotopic (exact) mass is 399 g/mol. The van der Waals surface area contributed by atoms with Crippen molar-refractivity contribution < 1.29 is 9.59 Å². The van der Waals surface area contributed by atoms with Crippen molar-refractivity contribution in [3.8, 4) is 0 Å². The van der Waals surface area contributed by atoms with E-state index in [2.05, 4.69) is 15.6 Å². The average molecular weight is 399 g/mol. The highest BCUT2D eigenvalue weighted by atomic mass is 16.2. The van der Waals surface area contributed by atoms with Crippen LogP contribution >= 0.6 is 0 Å². The van der Waals surface area contributed by atoms with Gasteiger partial charge < -0.3 is 5.32 Å². The Kier molecular flexibility index (Phi) is 3.89. The molecular weight excluding hydrogens is 382 g/mol. The van der Waals surface area contributed by atoms with Crippen LogP contribution in [0.4, 0.5) is 4.79 Å². The van der Waals surface area contributed by atoms with Crippen LogP contribution in [0.25, 0.3) is 21.7 Å². The quantitative estimate of drug-likeness (QED) is 0.534.